The number of hydrogen-bond acceptors (Lipinski definition) is 2. The number of amides is 1. The molecule has 19 heavy (non-hydrogen) atoms. The standard InChI is InChI=1S/C14H17F2NO2/c15-12-4-3-11(8-13(12)16)14(19)17-6-1-2-10(9-17)5-7-18/h3-4,8,10,18H,1-2,5-7,9H2. The molecule has 5 heteroatoms. The summed E-state index contributed by atoms with van der Waals surface area (Å²) in [6.07, 6.45) is 2.53. The van der Waals surface area contributed by atoms with E-state index in [9.17, 15) is 13.6 Å². The van der Waals surface area contributed by atoms with E-state index >= 15 is 0 Å². The SMILES string of the molecule is O=C(c1ccc(F)c(F)c1)N1CCCC(CCO)C1. The molecule has 1 aliphatic heterocycles. The van der Waals surface area contributed by atoms with E-state index < -0.39 is 11.6 Å². The van der Waals surface area contributed by atoms with Crippen molar-refractivity contribution in [3.8, 4) is 0 Å². The van der Waals surface area contributed by atoms with Crippen LogP contribution in [0, 0.1) is 17.6 Å². The molecule has 1 saturated heterocycles. The number of carbonyl (C=O) groups is 1. The number of hydrogen-bond donors (Lipinski definition) is 1. The molecule has 1 N–H and O–H groups in total. The van der Waals surface area contributed by atoms with Gasteiger partial charge in [0.05, 0.1) is 0 Å². The van der Waals surface area contributed by atoms with Crippen molar-refractivity contribution in [2.45, 2.75) is 19.3 Å². The lowest BCUT2D eigenvalue weighted by molar-refractivity contribution is 0.0653. The topological polar surface area (TPSA) is 40.5 Å². The summed E-state index contributed by atoms with van der Waals surface area (Å²) in [4.78, 5) is 13.8. The van der Waals surface area contributed by atoms with Gasteiger partial charge in [0.15, 0.2) is 11.6 Å². The van der Waals surface area contributed by atoms with Crippen LogP contribution in [0.1, 0.15) is 29.6 Å². The number of carbonyl (C=O) groups excluding carboxylic acids is 1. The molecule has 1 aromatic rings. The quantitative estimate of drug-likeness (QED) is 0.914. The molecular weight excluding hydrogens is 252 g/mol. The molecule has 1 fully saturated rings. The van der Waals surface area contributed by atoms with Gasteiger partial charge in [-0.15, -0.1) is 0 Å². The van der Waals surface area contributed by atoms with Crippen molar-refractivity contribution in [1.29, 1.82) is 0 Å². The van der Waals surface area contributed by atoms with Crippen molar-refractivity contribution in [3.63, 3.8) is 0 Å². The highest BCUT2D eigenvalue weighted by molar-refractivity contribution is 5.94. The van der Waals surface area contributed by atoms with Gasteiger partial charge in [-0.1, -0.05) is 0 Å². The first-order valence-electron chi connectivity index (χ1n) is 6.47. The second-order valence-corrected chi connectivity index (χ2v) is 4.90. The highest BCUT2D eigenvalue weighted by Gasteiger charge is 2.24. The number of likely N-dealkylation sites (tertiary alicyclic amines) is 1. The molecule has 104 valence electrons. The van der Waals surface area contributed by atoms with E-state index in [4.69, 9.17) is 5.11 Å². The van der Waals surface area contributed by atoms with E-state index in [2.05, 4.69) is 0 Å². The summed E-state index contributed by atoms with van der Waals surface area (Å²) in [7, 11) is 0. The molecule has 1 atom stereocenters. The molecule has 1 aromatic carbocycles. The average Bonchev–Trinajstić information content (AvgIpc) is 2.42. The monoisotopic (exact) mass is 269 g/mol. The minimum atomic E-state index is -1.00. The Kier molecular flexibility index (Phi) is 4.47. The summed E-state index contributed by atoms with van der Waals surface area (Å²) in [5.74, 6) is -1.95. The first-order chi connectivity index (χ1) is 9.11. The molecule has 0 aromatic heterocycles. The molecule has 2 rings (SSSR count). The first-order valence-corrected chi connectivity index (χ1v) is 6.47. The van der Waals surface area contributed by atoms with Crippen LogP contribution in [-0.4, -0.2) is 35.6 Å². The van der Waals surface area contributed by atoms with Crippen molar-refractivity contribution in [2.24, 2.45) is 5.92 Å². The second-order valence-electron chi connectivity index (χ2n) is 4.90. The van der Waals surface area contributed by atoms with E-state index in [1.165, 1.54) is 6.07 Å². The number of benzene rings is 1. The van der Waals surface area contributed by atoms with Crippen LogP contribution >= 0.6 is 0 Å². The van der Waals surface area contributed by atoms with Crippen LogP contribution in [0.25, 0.3) is 0 Å². The van der Waals surface area contributed by atoms with Gasteiger partial charge in [0, 0.05) is 25.3 Å². The summed E-state index contributed by atoms with van der Waals surface area (Å²) in [5.41, 5.74) is 0.170. The Labute approximate surface area is 110 Å². The van der Waals surface area contributed by atoms with E-state index in [1.807, 2.05) is 0 Å². The predicted octanol–water partition coefficient (Wildman–Crippen LogP) is 2.20. The summed E-state index contributed by atoms with van der Waals surface area (Å²) in [6, 6.07) is 3.21. The first kappa shape index (κ1) is 13.9. The van der Waals surface area contributed by atoms with Crippen LogP contribution in [-0.2, 0) is 0 Å². The number of nitrogens with zero attached hydrogens (tertiary/aromatic N) is 1. The zero-order valence-corrected chi connectivity index (χ0v) is 10.6. The fraction of sp³-hybridized carbons (Fsp3) is 0.500. The van der Waals surface area contributed by atoms with Crippen molar-refractivity contribution in [2.75, 3.05) is 19.7 Å². The minimum absolute atomic E-state index is 0.109. The Hall–Kier alpha value is -1.49. The van der Waals surface area contributed by atoms with Crippen molar-refractivity contribution >= 4 is 5.91 Å². The van der Waals surface area contributed by atoms with Gasteiger partial charge in [0.25, 0.3) is 5.91 Å². The van der Waals surface area contributed by atoms with Crippen LogP contribution in [0.2, 0.25) is 0 Å². The molecular formula is C14H17F2NO2. The van der Waals surface area contributed by atoms with Gasteiger partial charge < -0.3 is 10.0 Å². The van der Waals surface area contributed by atoms with Gasteiger partial charge in [-0.05, 0) is 43.4 Å². The normalized spacial score (nSPS) is 19.5. The molecule has 0 bridgehead atoms. The third-order valence-electron chi connectivity index (χ3n) is 3.51. The molecule has 0 saturated carbocycles. The Morgan fingerprint density at radius 1 is 1.37 bits per heavy atom. The van der Waals surface area contributed by atoms with Gasteiger partial charge in [-0.2, -0.15) is 0 Å². The molecule has 0 spiro atoms. The largest absolute Gasteiger partial charge is 0.396 e. The van der Waals surface area contributed by atoms with Crippen molar-refractivity contribution < 1.29 is 18.7 Å². The fourth-order valence-corrected chi connectivity index (χ4v) is 2.48. The number of aliphatic hydroxyl groups excluding tert-OH is 1. The summed E-state index contributed by atoms with van der Waals surface area (Å²) in [5, 5.41) is 8.93. The molecule has 1 amide bonds. The molecule has 0 aliphatic carbocycles. The maximum Gasteiger partial charge on any atom is 0.253 e. The maximum atomic E-state index is 13.1. The zero-order valence-electron chi connectivity index (χ0n) is 10.6. The molecule has 3 nitrogen and oxygen atoms in total. The van der Waals surface area contributed by atoms with Crippen molar-refractivity contribution in [3.05, 3.63) is 35.4 Å². The smallest absolute Gasteiger partial charge is 0.253 e. The van der Waals surface area contributed by atoms with Crippen LogP contribution in [0.15, 0.2) is 18.2 Å². The van der Waals surface area contributed by atoms with Crippen molar-refractivity contribution in [1.82, 2.24) is 4.90 Å². The lowest BCUT2D eigenvalue weighted by Crippen LogP contribution is -2.40. The Morgan fingerprint density at radius 3 is 2.84 bits per heavy atom. The van der Waals surface area contributed by atoms with E-state index in [-0.39, 0.29) is 24.0 Å². The molecule has 1 aliphatic rings. The zero-order chi connectivity index (χ0) is 13.8. The van der Waals surface area contributed by atoms with E-state index in [0.717, 1.165) is 25.0 Å². The summed E-state index contributed by atoms with van der Waals surface area (Å²) >= 11 is 0. The number of halogens is 2. The fourth-order valence-electron chi connectivity index (χ4n) is 2.48. The van der Waals surface area contributed by atoms with Gasteiger partial charge in [0.2, 0.25) is 0 Å². The van der Waals surface area contributed by atoms with Gasteiger partial charge in [0.1, 0.15) is 0 Å². The Bertz CT molecular complexity index is 463. The lowest BCUT2D eigenvalue weighted by atomic mass is 9.94. The highest BCUT2D eigenvalue weighted by Crippen LogP contribution is 2.21. The second kappa shape index (κ2) is 6.10. The lowest BCUT2D eigenvalue weighted by Gasteiger charge is -2.32. The minimum Gasteiger partial charge on any atom is -0.396 e. The predicted molar refractivity (Wildman–Crippen MR) is 66.7 cm³/mol. The van der Waals surface area contributed by atoms with Crippen LogP contribution in [0.3, 0.4) is 0 Å². The van der Waals surface area contributed by atoms with Gasteiger partial charge >= 0.3 is 0 Å². The number of aliphatic hydroxyl groups is 1. The highest BCUT2D eigenvalue weighted by atomic mass is 19.2. The summed E-state index contributed by atoms with van der Waals surface area (Å²) < 4.78 is 26.0. The molecule has 1 unspecified atom stereocenters. The molecule has 0 radical (unpaired) electrons. The van der Waals surface area contributed by atoms with E-state index in [1.54, 1.807) is 4.90 Å². The number of piperidine rings is 1. The number of rotatable bonds is 3. The van der Waals surface area contributed by atoms with Crippen LogP contribution in [0.4, 0.5) is 8.78 Å². The summed E-state index contributed by atoms with van der Waals surface area (Å²) in [6.45, 7) is 1.30. The Morgan fingerprint density at radius 2 is 2.16 bits per heavy atom. The third kappa shape index (κ3) is 3.29. The van der Waals surface area contributed by atoms with E-state index in [0.29, 0.717) is 19.5 Å². The van der Waals surface area contributed by atoms with Gasteiger partial charge in [-0.3, -0.25) is 4.79 Å². The Balaban J connectivity index is 2.08. The average molecular weight is 269 g/mol. The van der Waals surface area contributed by atoms with Crippen LogP contribution in [0.5, 0.6) is 0 Å². The third-order valence-corrected chi connectivity index (χ3v) is 3.51. The molecule has 1 heterocycles. The van der Waals surface area contributed by atoms with Gasteiger partial charge in [-0.25, -0.2) is 8.78 Å². The van der Waals surface area contributed by atoms with Crippen LogP contribution < -0.4 is 0 Å². The maximum absolute atomic E-state index is 13.1.